The van der Waals surface area contributed by atoms with E-state index in [0.29, 0.717) is 34.2 Å². The molecule has 1 aromatic heterocycles. The van der Waals surface area contributed by atoms with Crippen LogP contribution >= 0.6 is 23.2 Å². The van der Waals surface area contributed by atoms with Crippen molar-refractivity contribution in [3.8, 4) is 5.69 Å². The second kappa shape index (κ2) is 12.5. The number of hydrogen-bond acceptors (Lipinski definition) is 6. The minimum atomic E-state index is -0.957. The fraction of sp³-hybridized carbons (Fsp3) is 0.419. The van der Waals surface area contributed by atoms with E-state index in [9.17, 15) is 14.4 Å². The van der Waals surface area contributed by atoms with Crippen LogP contribution in [0, 0.1) is 0 Å². The standard InChI is InChI=1S/C31H37Cl2N5O5/c1-8-42-27(39)26-20-13-12-19(16-18(20)14-15-37(26)29(41)43-31(5,6)7)38-24(17-23(36-38)30(2,3)4)35-28(40)34-22-11-9-10-21(32)25(22)33/h9-13,16-17,26H,8,14-15H2,1-7H3,(H2,34,35,40)/t26-/m1/s1. The molecular weight excluding hydrogens is 593 g/mol. The number of aromatic nitrogens is 2. The number of anilines is 2. The van der Waals surface area contributed by atoms with Crippen LogP contribution in [0.3, 0.4) is 0 Å². The molecular formula is C31H37Cl2N5O5. The highest BCUT2D eigenvalue weighted by molar-refractivity contribution is 6.44. The zero-order chi connectivity index (χ0) is 31.7. The number of esters is 1. The summed E-state index contributed by atoms with van der Waals surface area (Å²) in [5, 5.41) is 11.0. The first-order chi connectivity index (χ1) is 20.1. The highest BCUT2D eigenvalue weighted by Crippen LogP contribution is 2.35. The van der Waals surface area contributed by atoms with E-state index < -0.39 is 29.7 Å². The van der Waals surface area contributed by atoms with Gasteiger partial charge in [0.1, 0.15) is 11.4 Å². The number of hydrogen-bond donors (Lipinski definition) is 2. The molecule has 10 nitrogen and oxygen atoms in total. The van der Waals surface area contributed by atoms with Crippen molar-refractivity contribution in [1.29, 1.82) is 0 Å². The molecule has 2 N–H and O–H groups in total. The van der Waals surface area contributed by atoms with Crippen molar-refractivity contribution in [2.75, 3.05) is 23.8 Å². The van der Waals surface area contributed by atoms with Gasteiger partial charge in [0.15, 0.2) is 6.04 Å². The summed E-state index contributed by atoms with van der Waals surface area (Å²) < 4.78 is 12.6. The van der Waals surface area contributed by atoms with Gasteiger partial charge in [-0.3, -0.25) is 10.2 Å². The normalized spacial score (nSPS) is 15.0. The lowest BCUT2D eigenvalue weighted by atomic mass is 9.92. The van der Waals surface area contributed by atoms with Gasteiger partial charge >= 0.3 is 18.1 Å². The number of urea groups is 1. The van der Waals surface area contributed by atoms with Crippen molar-refractivity contribution >= 4 is 52.8 Å². The van der Waals surface area contributed by atoms with Gasteiger partial charge < -0.3 is 14.8 Å². The number of amides is 3. The molecule has 3 aromatic rings. The van der Waals surface area contributed by atoms with Crippen LogP contribution < -0.4 is 10.6 Å². The molecule has 1 aliphatic rings. The fourth-order valence-corrected chi connectivity index (χ4v) is 4.99. The Morgan fingerprint density at radius 2 is 1.74 bits per heavy atom. The number of nitrogens with one attached hydrogen (secondary N) is 2. The van der Waals surface area contributed by atoms with E-state index in [0.717, 1.165) is 11.3 Å². The van der Waals surface area contributed by atoms with E-state index in [1.807, 2.05) is 32.9 Å². The van der Waals surface area contributed by atoms with Gasteiger partial charge in [0, 0.05) is 18.0 Å². The Hall–Kier alpha value is -3.76. The molecule has 3 amide bonds. The van der Waals surface area contributed by atoms with Crippen molar-refractivity contribution in [1.82, 2.24) is 14.7 Å². The molecule has 230 valence electrons. The van der Waals surface area contributed by atoms with E-state index >= 15 is 0 Å². The maximum absolute atomic E-state index is 13.1. The number of fused-ring (bicyclic) bond motifs is 1. The smallest absolute Gasteiger partial charge is 0.411 e. The summed E-state index contributed by atoms with van der Waals surface area (Å²) in [7, 11) is 0. The SMILES string of the molecule is CCOC(=O)[C@H]1c2ccc(-n3nc(C(C)(C)C)cc3NC(=O)Nc3cccc(Cl)c3Cl)cc2CCN1C(=O)OC(C)(C)C. The van der Waals surface area contributed by atoms with Gasteiger partial charge in [0.25, 0.3) is 0 Å². The minimum Gasteiger partial charge on any atom is -0.464 e. The first kappa shape index (κ1) is 32.2. The summed E-state index contributed by atoms with van der Waals surface area (Å²) in [6, 6.07) is 10.8. The highest BCUT2D eigenvalue weighted by Gasteiger charge is 2.39. The number of benzene rings is 2. The second-order valence-electron chi connectivity index (χ2n) is 12.2. The van der Waals surface area contributed by atoms with Gasteiger partial charge in [-0.25, -0.2) is 19.1 Å². The lowest BCUT2D eigenvalue weighted by Crippen LogP contribution is -2.46. The van der Waals surface area contributed by atoms with Gasteiger partial charge in [0.2, 0.25) is 0 Å². The van der Waals surface area contributed by atoms with Crippen molar-refractivity contribution in [2.24, 2.45) is 0 Å². The van der Waals surface area contributed by atoms with Crippen LogP contribution in [-0.2, 0) is 26.1 Å². The number of nitrogens with zero attached hydrogens (tertiary/aromatic N) is 3. The van der Waals surface area contributed by atoms with Gasteiger partial charge in [-0.15, -0.1) is 0 Å². The van der Waals surface area contributed by atoms with Crippen LogP contribution in [0.1, 0.15) is 71.3 Å². The van der Waals surface area contributed by atoms with E-state index in [2.05, 4.69) is 10.6 Å². The Morgan fingerprint density at radius 3 is 2.40 bits per heavy atom. The molecule has 0 saturated carbocycles. The number of halogens is 2. The number of carbonyl (C=O) groups is 3. The van der Waals surface area contributed by atoms with Crippen molar-refractivity contribution in [2.45, 2.75) is 71.9 Å². The van der Waals surface area contributed by atoms with Crippen LogP contribution in [0.2, 0.25) is 10.0 Å². The van der Waals surface area contributed by atoms with Crippen molar-refractivity contribution < 1.29 is 23.9 Å². The first-order valence-corrected chi connectivity index (χ1v) is 14.8. The summed E-state index contributed by atoms with van der Waals surface area (Å²) in [5.74, 6) is -0.108. The van der Waals surface area contributed by atoms with Crippen molar-refractivity contribution in [3.63, 3.8) is 0 Å². The average molecular weight is 631 g/mol. The molecule has 1 aliphatic heterocycles. The summed E-state index contributed by atoms with van der Waals surface area (Å²) in [6.45, 7) is 13.6. The van der Waals surface area contributed by atoms with E-state index in [1.54, 1.807) is 62.7 Å². The zero-order valence-corrected chi connectivity index (χ0v) is 26.9. The maximum atomic E-state index is 13.1. The predicted octanol–water partition coefficient (Wildman–Crippen LogP) is 7.52. The number of ether oxygens (including phenoxy) is 2. The van der Waals surface area contributed by atoms with E-state index in [4.69, 9.17) is 37.8 Å². The van der Waals surface area contributed by atoms with Crippen LogP contribution in [0.15, 0.2) is 42.5 Å². The first-order valence-electron chi connectivity index (χ1n) is 14.0. The molecule has 1 atom stereocenters. The molecule has 0 bridgehead atoms. The summed E-state index contributed by atoms with van der Waals surface area (Å²) in [5.41, 5.74) is 2.24. The highest BCUT2D eigenvalue weighted by atomic mass is 35.5. The summed E-state index contributed by atoms with van der Waals surface area (Å²) in [4.78, 5) is 40.6. The fourth-order valence-electron chi connectivity index (χ4n) is 4.64. The van der Waals surface area contributed by atoms with Crippen LogP contribution in [-0.4, -0.2) is 51.5 Å². The van der Waals surface area contributed by atoms with E-state index in [1.165, 1.54) is 4.90 Å². The zero-order valence-electron chi connectivity index (χ0n) is 25.4. The average Bonchev–Trinajstić information content (AvgIpc) is 3.33. The van der Waals surface area contributed by atoms with Crippen molar-refractivity contribution in [3.05, 3.63) is 69.3 Å². The molecule has 0 radical (unpaired) electrons. The Kier molecular flexibility index (Phi) is 9.32. The van der Waals surface area contributed by atoms with Gasteiger partial charge in [-0.2, -0.15) is 5.10 Å². The molecule has 0 spiro atoms. The Morgan fingerprint density at radius 1 is 1.02 bits per heavy atom. The lowest BCUT2D eigenvalue weighted by Gasteiger charge is -2.36. The Balaban J connectivity index is 1.70. The molecule has 2 aromatic carbocycles. The van der Waals surface area contributed by atoms with Gasteiger partial charge in [0.05, 0.1) is 33.7 Å². The minimum absolute atomic E-state index is 0.172. The molecule has 0 unspecified atom stereocenters. The maximum Gasteiger partial charge on any atom is 0.411 e. The Labute approximate surface area is 261 Å². The van der Waals surface area contributed by atoms with Crippen LogP contribution in [0.25, 0.3) is 5.69 Å². The molecule has 12 heteroatoms. The third-order valence-electron chi connectivity index (χ3n) is 6.66. The summed E-state index contributed by atoms with van der Waals surface area (Å²) >= 11 is 12.4. The van der Waals surface area contributed by atoms with Gasteiger partial charge in [-0.1, -0.05) is 56.1 Å². The van der Waals surface area contributed by atoms with E-state index in [-0.39, 0.29) is 23.6 Å². The number of rotatable bonds is 5. The molecule has 2 heterocycles. The van der Waals surface area contributed by atoms with Crippen LogP contribution in [0.5, 0.6) is 0 Å². The largest absolute Gasteiger partial charge is 0.464 e. The quantitative estimate of drug-likeness (QED) is 0.282. The monoisotopic (exact) mass is 629 g/mol. The third-order valence-corrected chi connectivity index (χ3v) is 7.48. The lowest BCUT2D eigenvalue weighted by molar-refractivity contribution is -0.150. The van der Waals surface area contributed by atoms with Crippen LogP contribution in [0.4, 0.5) is 21.1 Å². The molecule has 0 aliphatic carbocycles. The third kappa shape index (κ3) is 7.43. The molecule has 4 rings (SSSR count). The van der Waals surface area contributed by atoms with Gasteiger partial charge in [-0.05, 0) is 69.5 Å². The predicted molar refractivity (Wildman–Crippen MR) is 167 cm³/mol. The Bertz CT molecular complexity index is 1540. The second-order valence-corrected chi connectivity index (χ2v) is 13.0. The molecule has 43 heavy (non-hydrogen) atoms. The molecule has 0 saturated heterocycles. The molecule has 0 fully saturated rings. The topological polar surface area (TPSA) is 115 Å². The number of carbonyl (C=O) groups excluding carboxylic acids is 3. The summed E-state index contributed by atoms with van der Waals surface area (Å²) in [6.07, 6.45) is -0.109.